The summed E-state index contributed by atoms with van der Waals surface area (Å²) in [7, 11) is 2.07. The molecule has 4 heteroatoms. The fourth-order valence-corrected chi connectivity index (χ4v) is 3.03. The molecule has 0 aliphatic carbocycles. The highest BCUT2D eigenvalue weighted by atomic mass is 15.4. The Bertz CT molecular complexity index is 456. The third-order valence-electron chi connectivity index (χ3n) is 4.07. The molecule has 0 bridgehead atoms. The summed E-state index contributed by atoms with van der Waals surface area (Å²) in [5, 5.41) is 8.25. The van der Waals surface area contributed by atoms with Crippen LogP contribution in [0.15, 0.2) is 0 Å². The zero-order valence-electron chi connectivity index (χ0n) is 14.0. The molecular weight excluding hydrogens is 248 g/mol. The first-order chi connectivity index (χ1) is 9.28. The molecule has 2 rings (SSSR count). The second-order valence-electron chi connectivity index (χ2n) is 7.31. The number of anilines is 1. The maximum absolute atomic E-state index is 4.65. The van der Waals surface area contributed by atoms with Crippen LogP contribution in [-0.2, 0) is 13.6 Å². The summed E-state index contributed by atoms with van der Waals surface area (Å²) in [4.78, 5) is 2.52. The van der Waals surface area contributed by atoms with Crippen LogP contribution in [0.2, 0.25) is 0 Å². The van der Waals surface area contributed by atoms with Gasteiger partial charge in [-0.1, -0.05) is 6.92 Å². The van der Waals surface area contributed by atoms with Gasteiger partial charge in [-0.05, 0) is 46.5 Å². The van der Waals surface area contributed by atoms with E-state index in [-0.39, 0.29) is 5.54 Å². The molecule has 1 saturated heterocycles. The van der Waals surface area contributed by atoms with E-state index in [1.165, 1.54) is 24.2 Å². The fourth-order valence-electron chi connectivity index (χ4n) is 3.03. The molecule has 1 atom stereocenters. The van der Waals surface area contributed by atoms with Gasteiger partial charge in [0.15, 0.2) is 0 Å². The van der Waals surface area contributed by atoms with Crippen molar-refractivity contribution < 1.29 is 0 Å². The average Bonchev–Trinajstić information content (AvgIpc) is 2.60. The highest BCUT2D eigenvalue weighted by Gasteiger charge is 2.24. The Balaban J connectivity index is 2.23. The largest absolute Gasteiger partial charge is 0.356 e. The molecule has 1 unspecified atom stereocenters. The fraction of sp³-hybridized carbons (Fsp3) is 0.812. The van der Waals surface area contributed by atoms with Crippen LogP contribution in [0.5, 0.6) is 0 Å². The number of piperidine rings is 1. The maximum Gasteiger partial charge on any atom is 0.131 e. The Morgan fingerprint density at radius 1 is 1.35 bits per heavy atom. The molecule has 1 N–H and O–H groups in total. The van der Waals surface area contributed by atoms with Crippen LogP contribution >= 0.6 is 0 Å². The van der Waals surface area contributed by atoms with Gasteiger partial charge in [0.05, 0.1) is 5.69 Å². The van der Waals surface area contributed by atoms with Gasteiger partial charge >= 0.3 is 0 Å². The zero-order valence-corrected chi connectivity index (χ0v) is 14.0. The third kappa shape index (κ3) is 3.54. The molecule has 1 fully saturated rings. The standard InChI is InChI=1S/C16H30N4/c1-12-8-7-9-20(11-12)15-14(10-17-16(3,4)5)13(2)18-19(15)6/h12,17H,7-11H2,1-6H3. The van der Waals surface area contributed by atoms with Crippen molar-refractivity contribution in [2.75, 3.05) is 18.0 Å². The number of rotatable bonds is 3. The number of hydrogen-bond acceptors (Lipinski definition) is 3. The molecule has 0 saturated carbocycles. The van der Waals surface area contributed by atoms with Crippen molar-refractivity contribution in [3.8, 4) is 0 Å². The van der Waals surface area contributed by atoms with Crippen molar-refractivity contribution in [2.45, 2.75) is 59.5 Å². The molecule has 0 amide bonds. The van der Waals surface area contributed by atoms with E-state index in [0.717, 1.165) is 31.2 Å². The summed E-state index contributed by atoms with van der Waals surface area (Å²) in [6.45, 7) is 14.3. The van der Waals surface area contributed by atoms with Gasteiger partial charge in [-0.2, -0.15) is 5.10 Å². The Morgan fingerprint density at radius 2 is 2.05 bits per heavy atom. The number of aryl methyl sites for hydroxylation is 2. The molecule has 114 valence electrons. The molecule has 4 nitrogen and oxygen atoms in total. The first kappa shape index (κ1) is 15.4. The maximum atomic E-state index is 4.65. The smallest absolute Gasteiger partial charge is 0.131 e. The highest BCUT2D eigenvalue weighted by molar-refractivity contribution is 5.50. The van der Waals surface area contributed by atoms with E-state index in [4.69, 9.17) is 0 Å². The molecule has 20 heavy (non-hydrogen) atoms. The minimum atomic E-state index is 0.134. The van der Waals surface area contributed by atoms with E-state index in [0.29, 0.717) is 0 Å². The van der Waals surface area contributed by atoms with Crippen molar-refractivity contribution in [2.24, 2.45) is 13.0 Å². The van der Waals surface area contributed by atoms with Crippen molar-refractivity contribution in [3.63, 3.8) is 0 Å². The molecule has 1 aliphatic heterocycles. The SMILES string of the molecule is Cc1nn(C)c(N2CCCC(C)C2)c1CNC(C)(C)C. The minimum absolute atomic E-state index is 0.134. The van der Waals surface area contributed by atoms with Crippen LogP contribution in [-0.4, -0.2) is 28.4 Å². The van der Waals surface area contributed by atoms with Gasteiger partial charge in [-0.25, -0.2) is 0 Å². The van der Waals surface area contributed by atoms with Crippen LogP contribution < -0.4 is 10.2 Å². The van der Waals surface area contributed by atoms with Gasteiger partial charge in [0.25, 0.3) is 0 Å². The van der Waals surface area contributed by atoms with Crippen LogP contribution in [0.1, 0.15) is 51.8 Å². The molecule has 1 aromatic rings. The Labute approximate surface area is 123 Å². The van der Waals surface area contributed by atoms with Crippen LogP contribution in [0.25, 0.3) is 0 Å². The van der Waals surface area contributed by atoms with E-state index in [1.807, 2.05) is 0 Å². The summed E-state index contributed by atoms with van der Waals surface area (Å²) in [5.74, 6) is 2.09. The van der Waals surface area contributed by atoms with Crippen molar-refractivity contribution in [3.05, 3.63) is 11.3 Å². The van der Waals surface area contributed by atoms with Gasteiger partial charge in [-0.3, -0.25) is 4.68 Å². The summed E-state index contributed by atoms with van der Waals surface area (Å²) in [6, 6.07) is 0. The Morgan fingerprint density at radius 3 is 2.65 bits per heavy atom. The average molecular weight is 278 g/mol. The lowest BCUT2D eigenvalue weighted by Gasteiger charge is -2.33. The second-order valence-corrected chi connectivity index (χ2v) is 7.31. The van der Waals surface area contributed by atoms with Gasteiger partial charge < -0.3 is 10.2 Å². The van der Waals surface area contributed by atoms with E-state index in [2.05, 4.69) is 61.7 Å². The third-order valence-corrected chi connectivity index (χ3v) is 4.07. The van der Waals surface area contributed by atoms with Gasteiger partial charge in [0.2, 0.25) is 0 Å². The molecule has 2 heterocycles. The first-order valence-electron chi connectivity index (χ1n) is 7.80. The predicted octanol–water partition coefficient (Wildman–Crippen LogP) is 2.85. The van der Waals surface area contributed by atoms with Crippen molar-refractivity contribution in [1.82, 2.24) is 15.1 Å². The zero-order chi connectivity index (χ0) is 14.9. The van der Waals surface area contributed by atoms with Crippen molar-refractivity contribution in [1.29, 1.82) is 0 Å². The van der Waals surface area contributed by atoms with Gasteiger partial charge in [0.1, 0.15) is 5.82 Å². The highest BCUT2D eigenvalue weighted by Crippen LogP contribution is 2.28. The summed E-state index contributed by atoms with van der Waals surface area (Å²) < 4.78 is 2.06. The van der Waals surface area contributed by atoms with Crippen LogP contribution in [0.3, 0.4) is 0 Å². The van der Waals surface area contributed by atoms with Crippen LogP contribution in [0.4, 0.5) is 5.82 Å². The molecule has 0 spiro atoms. The predicted molar refractivity (Wildman–Crippen MR) is 85.1 cm³/mol. The van der Waals surface area contributed by atoms with E-state index in [1.54, 1.807) is 0 Å². The monoisotopic (exact) mass is 278 g/mol. The molecule has 0 radical (unpaired) electrons. The molecule has 1 aliphatic rings. The molecular formula is C16H30N4. The number of nitrogens with one attached hydrogen (secondary N) is 1. The normalized spacial score (nSPS) is 20.5. The minimum Gasteiger partial charge on any atom is -0.356 e. The van der Waals surface area contributed by atoms with Crippen molar-refractivity contribution >= 4 is 5.82 Å². The van der Waals surface area contributed by atoms with E-state index >= 15 is 0 Å². The van der Waals surface area contributed by atoms with Crippen LogP contribution in [0, 0.1) is 12.8 Å². The lowest BCUT2D eigenvalue weighted by Crippen LogP contribution is -2.38. The van der Waals surface area contributed by atoms with E-state index < -0.39 is 0 Å². The number of nitrogens with zero attached hydrogens (tertiary/aromatic N) is 3. The first-order valence-corrected chi connectivity index (χ1v) is 7.80. The topological polar surface area (TPSA) is 33.1 Å². The quantitative estimate of drug-likeness (QED) is 0.923. The molecule has 1 aromatic heterocycles. The van der Waals surface area contributed by atoms with Gasteiger partial charge in [-0.15, -0.1) is 0 Å². The summed E-state index contributed by atoms with van der Waals surface area (Å²) >= 11 is 0. The molecule has 0 aromatic carbocycles. The summed E-state index contributed by atoms with van der Waals surface area (Å²) in [5.41, 5.74) is 2.64. The van der Waals surface area contributed by atoms with E-state index in [9.17, 15) is 0 Å². The Kier molecular flexibility index (Phi) is 4.43. The lowest BCUT2D eigenvalue weighted by atomic mass is 10.00. The van der Waals surface area contributed by atoms with Gasteiger partial charge in [0, 0.05) is 37.8 Å². The lowest BCUT2D eigenvalue weighted by molar-refractivity contribution is 0.419. The number of aromatic nitrogens is 2. The number of hydrogen-bond donors (Lipinski definition) is 1. The second kappa shape index (κ2) is 5.76. The Hall–Kier alpha value is -1.03. The summed E-state index contributed by atoms with van der Waals surface area (Å²) in [6.07, 6.45) is 2.64.